The Morgan fingerprint density at radius 3 is 2.78 bits per heavy atom. The van der Waals surface area contributed by atoms with Crippen molar-refractivity contribution in [2.24, 2.45) is 0 Å². The Bertz CT molecular complexity index is 675. The van der Waals surface area contributed by atoms with Gasteiger partial charge in [0.1, 0.15) is 5.56 Å². The van der Waals surface area contributed by atoms with Crippen LogP contribution in [-0.2, 0) is 6.42 Å². The van der Waals surface area contributed by atoms with E-state index >= 15 is 0 Å². The molecule has 0 bridgehead atoms. The van der Waals surface area contributed by atoms with Gasteiger partial charge in [-0.3, -0.25) is 4.79 Å². The van der Waals surface area contributed by atoms with Gasteiger partial charge in [0.05, 0.1) is 17.9 Å². The zero-order chi connectivity index (χ0) is 12.1. The van der Waals surface area contributed by atoms with Crippen molar-refractivity contribution in [2.75, 3.05) is 6.79 Å². The first-order valence-corrected chi connectivity index (χ1v) is 6.04. The van der Waals surface area contributed by atoms with E-state index in [9.17, 15) is 4.79 Å². The number of hydrogen-bond acceptors (Lipinski definition) is 3. The minimum absolute atomic E-state index is 0.166. The Balaban J connectivity index is 1.99. The summed E-state index contributed by atoms with van der Waals surface area (Å²) in [5, 5.41) is 0.883. The summed E-state index contributed by atoms with van der Waals surface area (Å²) in [6.07, 6.45) is 2.30. The number of fused-ring (bicyclic) bond motifs is 3. The fourth-order valence-electron chi connectivity index (χ4n) is 2.53. The van der Waals surface area contributed by atoms with Gasteiger partial charge in [-0.05, 0) is 12.5 Å². The van der Waals surface area contributed by atoms with Crippen molar-refractivity contribution in [1.82, 2.24) is 0 Å². The Labute approximate surface area is 103 Å². The molecule has 0 amide bonds. The number of rotatable bonds is 0. The molecule has 0 atom stereocenters. The predicted molar refractivity (Wildman–Crippen MR) is 64.0 cm³/mol. The fraction of sp³-hybridized carbons (Fsp3) is 0.286. The molecule has 1 aromatic carbocycles. The standard InChI is InChI=1S/C14H11O4/c15-10-2-1-3-11-9(10)4-8-5-13-14(17-7-16-13)6-12(8)18-11/h4-6H,1-3,7H2/q+1. The number of carbonyl (C=O) groups excluding carboxylic acids is 1. The van der Waals surface area contributed by atoms with Crippen LogP contribution < -0.4 is 9.47 Å². The number of hydrogen-bond donors (Lipinski definition) is 0. The second-order valence-electron chi connectivity index (χ2n) is 4.60. The first kappa shape index (κ1) is 9.88. The molecule has 18 heavy (non-hydrogen) atoms. The van der Waals surface area contributed by atoms with Crippen molar-refractivity contribution < 1.29 is 18.7 Å². The van der Waals surface area contributed by atoms with E-state index in [1.807, 2.05) is 18.2 Å². The Morgan fingerprint density at radius 2 is 1.89 bits per heavy atom. The van der Waals surface area contributed by atoms with Gasteiger partial charge in [-0.25, -0.2) is 4.42 Å². The lowest BCUT2D eigenvalue weighted by Gasteiger charge is -2.06. The summed E-state index contributed by atoms with van der Waals surface area (Å²) >= 11 is 0. The average Bonchev–Trinajstić information content (AvgIpc) is 2.81. The maximum Gasteiger partial charge on any atom is 0.364 e. The monoisotopic (exact) mass is 243 g/mol. The topological polar surface area (TPSA) is 46.8 Å². The number of ketones is 1. The van der Waals surface area contributed by atoms with E-state index in [1.165, 1.54) is 0 Å². The first-order valence-electron chi connectivity index (χ1n) is 6.04. The SMILES string of the molecule is O=C1CCCc2[o+]c3cc4c(cc3cc21)OCO4. The minimum Gasteiger partial charge on any atom is -0.454 e. The molecule has 2 aliphatic rings. The molecule has 0 radical (unpaired) electrons. The smallest absolute Gasteiger partial charge is 0.364 e. The molecule has 90 valence electrons. The van der Waals surface area contributed by atoms with E-state index < -0.39 is 0 Å². The van der Waals surface area contributed by atoms with E-state index in [0.717, 1.165) is 29.6 Å². The molecule has 1 aliphatic heterocycles. The van der Waals surface area contributed by atoms with Crippen LogP contribution >= 0.6 is 0 Å². The van der Waals surface area contributed by atoms with Gasteiger partial charge in [-0.2, -0.15) is 0 Å². The molecule has 2 aromatic rings. The van der Waals surface area contributed by atoms with Crippen LogP contribution in [0.2, 0.25) is 0 Å². The second-order valence-corrected chi connectivity index (χ2v) is 4.60. The molecule has 4 nitrogen and oxygen atoms in total. The molecule has 0 fully saturated rings. The lowest BCUT2D eigenvalue weighted by molar-refractivity contribution is 0.0967. The van der Waals surface area contributed by atoms with Crippen LogP contribution in [0.5, 0.6) is 11.5 Å². The molecule has 4 rings (SSSR count). The first-order chi connectivity index (χ1) is 8.81. The van der Waals surface area contributed by atoms with Crippen LogP contribution in [0.4, 0.5) is 0 Å². The molecular weight excluding hydrogens is 232 g/mol. The van der Waals surface area contributed by atoms with Gasteiger partial charge in [-0.1, -0.05) is 0 Å². The maximum atomic E-state index is 11.8. The summed E-state index contributed by atoms with van der Waals surface area (Å²) < 4.78 is 16.5. The van der Waals surface area contributed by atoms with E-state index in [4.69, 9.17) is 13.9 Å². The molecule has 0 spiro atoms. The number of benzene rings is 1. The van der Waals surface area contributed by atoms with Crippen LogP contribution in [-0.4, -0.2) is 12.6 Å². The molecule has 4 heteroatoms. The van der Waals surface area contributed by atoms with Gasteiger partial charge in [0, 0.05) is 12.5 Å². The normalized spacial score (nSPS) is 17.0. The van der Waals surface area contributed by atoms with Crippen molar-refractivity contribution in [3.8, 4) is 11.5 Å². The highest BCUT2D eigenvalue weighted by molar-refractivity contribution is 6.00. The van der Waals surface area contributed by atoms with Gasteiger partial charge in [-0.15, -0.1) is 0 Å². The molecule has 1 aromatic heterocycles. The molecule has 1 aliphatic carbocycles. The lowest BCUT2D eigenvalue weighted by Crippen LogP contribution is -2.10. The van der Waals surface area contributed by atoms with Crippen LogP contribution in [0.1, 0.15) is 29.0 Å². The highest BCUT2D eigenvalue weighted by atomic mass is 16.7. The second kappa shape index (κ2) is 3.45. The van der Waals surface area contributed by atoms with Crippen LogP contribution in [0.25, 0.3) is 11.0 Å². The van der Waals surface area contributed by atoms with E-state index in [1.54, 1.807) is 0 Å². The van der Waals surface area contributed by atoms with Crippen molar-refractivity contribution in [3.63, 3.8) is 0 Å². The predicted octanol–water partition coefficient (Wildman–Crippen LogP) is 2.96. The third-order valence-electron chi connectivity index (χ3n) is 3.45. The summed E-state index contributed by atoms with van der Waals surface area (Å²) in [6.45, 7) is 0.240. The summed E-state index contributed by atoms with van der Waals surface area (Å²) in [6, 6.07) is 5.60. The number of Topliss-reactive ketones (excluding diaryl/α,β-unsaturated/α-hetero) is 1. The minimum atomic E-state index is 0.166. The van der Waals surface area contributed by atoms with Crippen molar-refractivity contribution >= 4 is 16.8 Å². The lowest BCUT2D eigenvalue weighted by atomic mass is 9.95. The number of carbonyl (C=O) groups is 1. The van der Waals surface area contributed by atoms with E-state index in [0.29, 0.717) is 23.5 Å². The van der Waals surface area contributed by atoms with E-state index in [-0.39, 0.29) is 12.6 Å². The zero-order valence-electron chi connectivity index (χ0n) is 9.69. The number of aryl methyl sites for hydroxylation is 1. The molecule has 0 N–H and O–H groups in total. The van der Waals surface area contributed by atoms with Gasteiger partial charge < -0.3 is 9.47 Å². The molecule has 2 heterocycles. The zero-order valence-corrected chi connectivity index (χ0v) is 9.69. The number of ether oxygens (including phenoxy) is 2. The molecule has 0 unspecified atom stereocenters. The third kappa shape index (κ3) is 1.32. The summed E-state index contributed by atoms with van der Waals surface area (Å²) in [5.41, 5.74) is 1.46. The largest absolute Gasteiger partial charge is 0.454 e. The fourth-order valence-corrected chi connectivity index (χ4v) is 2.53. The van der Waals surface area contributed by atoms with Gasteiger partial charge in [0.2, 0.25) is 6.79 Å². The molecule has 0 saturated heterocycles. The van der Waals surface area contributed by atoms with Crippen LogP contribution in [0.15, 0.2) is 22.6 Å². The Kier molecular flexibility index (Phi) is 1.89. The average molecular weight is 243 g/mol. The van der Waals surface area contributed by atoms with Crippen molar-refractivity contribution in [3.05, 3.63) is 29.5 Å². The molecular formula is C14H11O4+. The third-order valence-corrected chi connectivity index (χ3v) is 3.45. The highest BCUT2D eigenvalue weighted by Gasteiger charge is 2.29. The van der Waals surface area contributed by atoms with Gasteiger partial charge >= 0.3 is 11.3 Å². The Hall–Kier alpha value is -2.10. The summed E-state index contributed by atoms with van der Waals surface area (Å²) in [7, 11) is 0. The maximum absolute atomic E-state index is 11.8. The van der Waals surface area contributed by atoms with Crippen molar-refractivity contribution in [2.45, 2.75) is 19.3 Å². The van der Waals surface area contributed by atoms with Crippen LogP contribution in [0, 0.1) is 0 Å². The van der Waals surface area contributed by atoms with Gasteiger partial charge in [0.25, 0.3) is 0 Å². The highest BCUT2D eigenvalue weighted by Crippen LogP contribution is 2.37. The van der Waals surface area contributed by atoms with Crippen LogP contribution in [0.3, 0.4) is 0 Å². The van der Waals surface area contributed by atoms with Gasteiger partial charge in [0.15, 0.2) is 17.3 Å². The quantitative estimate of drug-likeness (QED) is 0.667. The van der Waals surface area contributed by atoms with Crippen molar-refractivity contribution in [1.29, 1.82) is 0 Å². The van der Waals surface area contributed by atoms with E-state index in [2.05, 4.69) is 0 Å². The Morgan fingerprint density at radius 1 is 1.06 bits per heavy atom. The summed E-state index contributed by atoms with van der Waals surface area (Å²) in [4.78, 5) is 11.8. The summed E-state index contributed by atoms with van der Waals surface area (Å²) in [5.74, 6) is 2.37. The molecule has 0 saturated carbocycles.